The molecule has 1 fully saturated rings. The monoisotopic (exact) mass is 356 g/mol. The average Bonchev–Trinajstić information content (AvgIpc) is 3.01. The predicted octanol–water partition coefficient (Wildman–Crippen LogP) is 2.81. The van der Waals surface area contributed by atoms with E-state index in [4.69, 9.17) is 15.2 Å². The second-order valence-corrected chi connectivity index (χ2v) is 7.26. The summed E-state index contributed by atoms with van der Waals surface area (Å²) in [5, 5.41) is 0. The number of hydrogen-bond acceptors (Lipinski definition) is 4. The molecule has 1 aromatic carbocycles. The lowest BCUT2D eigenvalue weighted by atomic mass is 9.86. The van der Waals surface area contributed by atoms with Gasteiger partial charge in [0.05, 0.1) is 20.3 Å². The second-order valence-electron chi connectivity index (χ2n) is 7.26. The Labute approximate surface area is 150 Å². The van der Waals surface area contributed by atoms with Gasteiger partial charge >= 0.3 is 0 Å². The van der Waals surface area contributed by atoms with Gasteiger partial charge in [0.1, 0.15) is 11.5 Å². The van der Waals surface area contributed by atoms with Gasteiger partial charge in [-0.1, -0.05) is 20.8 Å². The van der Waals surface area contributed by atoms with Crippen LogP contribution >= 0.6 is 12.4 Å². The lowest BCUT2D eigenvalue weighted by Crippen LogP contribution is -2.49. The summed E-state index contributed by atoms with van der Waals surface area (Å²) in [6.07, 6.45) is 0.929. The van der Waals surface area contributed by atoms with E-state index in [9.17, 15) is 4.79 Å². The number of halogens is 1. The minimum absolute atomic E-state index is 0. The van der Waals surface area contributed by atoms with E-state index < -0.39 is 6.04 Å². The van der Waals surface area contributed by atoms with Crippen LogP contribution in [0.1, 0.15) is 38.7 Å². The maximum atomic E-state index is 12.6. The summed E-state index contributed by atoms with van der Waals surface area (Å²) in [6, 6.07) is 5.42. The van der Waals surface area contributed by atoms with Crippen molar-refractivity contribution >= 4 is 18.3 Å². The van der Waals surface area contributed by atoms with Gasteiger partial charge in [-0.2, -0.15) is 0 Å². The van der Waals surface area contributed by atoms with Crippen molar-refractivity contribution in [2.75, 3.05) is 27.3 Å². The lowest BCUT2D eigenvalue weighted by Gasteiger charge is -2.30. The van der Waals surface area contributed by atoms with E-state index in [-0.39, 0.29) is 29.6 Å². The van der Waals surface area contributed by atoms with E-state index in [0.717, 1.165) is 30.0 Å². The molecule has 1 aromatic rings. The molecule has 136 valence electrons. The van der Waals surface area contributed by atoms with Crippen LogP contribution in [0.4, 0.5) is 0 Å². The number of hydrogen-bond donors (Lipinski definition) is 1. The highest BCUT2D eigenvalue weighted by Crippen LogP contribution is 2.33. The number of ether oxygens (including phenoxy) is 2. The van der Waals surface area contributed by atoms with Gasteiger partial charge in [0.25, 0.3) is 0 Å². The molecule has 0 aromatic heterocycles. The smallest absolute Gasteiger partial charge is 0.240 e. The Kier molecular flexibility index (Phi) is 6.93. The van der Waals surface area contributed by atoms with E-state index in [0.29, 0.717) is 6.54 Å². The topological polar surface area (TPSA) is 64.8 Å². The Bertz CT molecular complexity index is 550. The van der Waals surface area contributed by atoms with Gasteiger partial charge in [-0.05, 0) is 29.5 Å². The molecule has 0 bridgehead atoms. The van der Waals surface area contributed by atoms with E-state index in [1.54, 1.807) is 14.2 Å². The first kappa shape index (κ1) is 20.6. The van der Waals surface area contributed by atoms with Crippen molar-refractivity contribution in [2.45, 2.75) is 39.2 Å². The number of nitrogens with two attached hydrogens (primary N) is 1. The molecule has 1 aliphatic heterocycles. The maximum absolute atomic E-state index is 12.6. The van der Waals surface area contributed by atoms with Crippen LogP contribution in [0, 0.1) is 5.41 Å². The van der Waals surface area contributed by atoms with Gasteiger partial charge in [0, 0.05) is 25.1 Å². The Morgan fingerprint density at radius 1 is 1.21 bits per heavy atom. The molecule has 24 heavy (non-hydrogen) atoms. The number of carbonyl (C=O) groups is 1. The molecule has 0 radical (unpaired) electrons. The van der Waals surface area contributed by atoms with Gasteiger partial charge < -0.3 is 20.1 Å². The zero-order valence-corrected chi connectivity index (χ0v) is 16.0. The molecule has 2 N–H and O–H groups in total. The third kappa shape index (κ3) is 4.54. The number of nitrogens with zero attached hydrogens (tertiary/aromatic N) is 1. The molecule has 1 aliphatic rings. The average molecular weight is 357 g/mol. The Balaban J connectivity index is 0.00000288. The van der Waals surface area contributed by atoms with Crippen molar-refractivity contribution in [3.8, 4) is 11.5 Å². The highest BCUT2D eigenvalue weighted by atomic mass is 35.5. The van der Waals surface area contributed by atoms with Crippen molar-refractivity contribution in [1.29, 1.82) is 0 Å². The normalized spacial score (nSPS) is 18.8. The third-order valence-electron chi connectivity index (χ3n) is 4.54. The molecule has 1 unspecified atom stereocenters. The molecule has 6 heteroatoms. The van der Waals surface area contributed by atoms with Crippen molar-refractivity contribution in [2.24, 2.45) is 11.1 Å². The summed E-state index contributed by atoms with van der Waals surface area (Å²) >= 11 is 0. The number of methoxy groups -OCH3 is 2. The van der Waals surface area contributed by atoms with Crippen LogP contribution in [0.3, 0.4) is 0 Å². The standard InChI is InChI=1S/C18H28N2O3.ClH/c1-18(2,3)16(19)17(21)20-7-6-12(11-20)13-8-14(22-4)10-15(9-13)23-5;/h8-10,12,16H,6-7,11,19H2,1-5H3;1H/t12?,16-;/m1./s1. The zero-order chi connectivity index (χ0) is 17.2. The first-order valence-corrected chi connectivity index (χ1v) is 8.03. The van der Waals surface area contributed by atoms with Gasteiger partial charge in [-0.25, -0.2) is 0 Å². The summed E-state index contributed by atoms with van der Waals surface area (Å²) < 4.78 is 10.7. The zero-order valence-electron chi connectivity index (χ0n) is 15.2. The number of rotatable bonds is 4. The number of amides is 1. The van der Waals surface area contributed by atoms with E-state index in [1.807, 2.05) is 43.9 Å². The quantitative estimate of drug-likeness (QED) is 0.900. The molecule has 1 saturated heterocycles. The molecule has 0 aliphatic carbocycles. The van der Waals surface area contributed by atoms with Gasteiger partial charge in [0.2, 0.25) is 5.91 Å². The first-order valence-electron chi connectivity index (χ1n) is 8.03. The SMILES string of the molecule is COc1cc(OC)cc(C2CCN(C(=O)[C@@H](N)C(C)(C)C)C2)c1.Cl. The van der Waals surface area contributed by atoms with Crippen molar-refractivity contribution in [3.05, 3.63) is 23.8 Å². The van der Waals surface area contributed by atoms with Crippen LogP contribution in [0.25, 0.3) is 0 Å². The van der Waals surface area contributed by atoms with Gasteiger partial charge in [0.15, 0.2) is 0 Å². The number of likely N-dealkylation sites (tertiary alicyclic amines) is 1. The van der Waals surface area contributed by atoms with Crippen molar-refractivity contribution in [3.63, 3.8) is 0 Å². The van der Waals surface area contributed by atoms with Crippen LogP contribution in [0.2, 0.25) is 0 Å². The van der Waals surface area contributed by atoms with E-state index in [2.05, 4.69) is 0 Å². The highest BCUT2D eigenvalue weighted by molar-refractivity contribution is 5.85. The van der Waals surface area contributed by atoms with Crippen LogP contribution in [0.15, 0.2) is 18.2 Å². The van der Waals surface area contributed by atoms with Crippen LogP contribution in [-0.4, -0.2) is 44.2 Å². The van der Waals surface area contributed by atoms with Gasteiger partial charge in [-0.15, -0.1) is 12.4 Å². The summed E-state index contributed by atoms with van der Waals surface area (Å²) in [6.45, 7) is 7.42. The molecule has 5 nitrogen and oxygen atoms in total. The Morgan fingerprint density at radius 3 is 2.21 bits per heavy atom. The Hall–Kier alpha value is -1.46. The first-order chi connectivity index (χ1) is 10.8. The predicted molar refractivity (Wildman–Crippen MR) is 98.2 cm³/mol. The minimum atomic E-state index is -0.471. The molecule has 2 rings (SSSR count). The molecular weight excluding hydrogens is 328 g/mol. The summed E-state index contributed by atoms with van der Waals surface area (Å²) in [7, 11) is 3.29. The molecule has 0 spiro atoms. The molecule has 1 amide bonds. The molecule has 0 saturated carbocycles. The fraction of sp³-hybridized carbons (Fsp3) is 0.611. The lowest BCUT2D eigenvalue weighted by molar-refractivity contribution is -0.133. The highest BCUT2D eigenvalue weighted by Gasteiger charge is 2.35. The fourth-order valence-corrected chi connectivity index (χ4v) is 2.86. The van der Waals surface area contributed by atoms with E-state index in [1.165, 1.54) is 0 Å². The van der Waals surface area contributed by atoms with Crippen molar-refractivity contribution < 1.29 is 14.3 Å². The molecular formula is C18H29ClN2O3. The van der Waals surface area contributed by atoms with E-state index >= 15 is 0 Å². The van der Waals surface area contributed by atoms with Crippen molar-refractivity contribution in [1.82, 2.24) is 4.90 Å². The third-order valence-corrected chi connectivity index (χ3v) is 4.54. The molecule has 2 atom stereocenters. The second kappa shape index (κ2) is 8.08. The Morgan fingerprint density at radius 2 is 1.75 bits per heavy atom. The summed E-state index contributed by atoms with van der Waals surface area (Å²) in [5.41, 5.74) is 7.03. The fourth-order valence-electron chi connectivity index (χ4n) is 2.86. The number of carbonyl (C=O) groups excluding carboxylic acids is 1. The summed E-state index contributed by atoms with van der Waals surface area (Å²) in [5.74, 6) is 1.87. The van der Waals surface area contributed by atoms with Crippen LogP contribution in [0.5, 0.6) is 11.5 Å². The minimum Gasteiger partial charge on any atom is -0.497 e. The van der Waals surface area contributed by atoms with Crippen LogP contribution < -0.4 is 15.2 Å². The largest absolute Gasteiger partial charge is 0.497 e. The molecule has 1 heterocycles. The summed E-state index contributed by atoms with van der Waals surface area (Å²) in [4.78, 5) is 14.4. The van der Waals surface area contributed by atoms with Gasteiger partial charge in [-0.3, -0.25) is 4.79 Å². The maximum Gasteiger partial charge on any atom is 0.240 e. The number of benzene rings is 1. The van der Waals surface area contributed by atoms with Crippen LogP contribution in [-0.2, 0) is 4.79 Å².